The third-order valence-electron chi connectivity index (χ3n) is 4.60. The van der Waals surface area contributed by atoms with Gasteiger partial charge < -0.3 is 20.0 Å². The number of nitrogens with zero attached hydrogens (tertiary/aromatic N) is 5. The topological polar surface area (TPSA) is 64.6 Å². The minimum Gasteiger partial charge on any atom is -0.357 e. The summed E-state index contributed by atoms with van der Waals surface area (Å²) in [5.74, 6) is 0.975. The molecule has 0 atom stereocenters. The maximum atomic E-state index is 12.4. The molecule has 1 aliphatic heterocycles. The lowest BCUT2D eigenvalue weighted by Gasteiger charge is -2.34. The molecule has 3 heterocycles. The highest BCUT2D eigenvalue weighted by Crippen LogP contribution is 2.19. The van der Waals surface area contributed by atoms with Crippen molar-refractivity contribution >= 4 is 28.3 Å². The van der Waals surface area contributed by atoms with Gasteiger partial charge in [-0.05, 0) is 25.5 Å². The molecule has 2 amide bonds. The average molecular weight is 375 g/mol. The first-order valence-electron chi connectivity index (χ1n) is 9.08. The van der Waals surface area contributed by atoms with E-state index in [-0.39, 0.29) is 6.03 Å². The number of aromatic nitrogens is 2. The Balaban J connectivity index is 1.45. The van der Waals surface area contributed by atoms with Crippen LogP contribution >= 0.6 is 11.3 Å². The van der Waals surface area contributed by atoms with E-state index in [2.05, 4.69) is 38.9 Å². The van der Waals surface area contributed by atoms with Crippen LogP contribution in [0.5, 0.6) is 0 Å². The highest BCUT2D eigenvalue weighted by molar-refractivity contribution is 7.13. The lowest BCUT2D eigenvalue weighted by molar-refractivity contribution is 0.194. The molecule has 0 unspecified atom stereocenters. The molecule has 0 aliphatic carbocycles. The number of hydrogen-bond donors (Lipinski definition) is 1. The number of thiazole rings is 1. The molecule has 3 rings (SSSR count). The number of carbonyl (C=O) groups excluding carboxylic acids is 1. The van der Waals surface area contributed by atoms with Gasteiger partial charge in [-0.1, -0.05) is 6.07 Å². The maximum absolute atomic E-state index is 12.4. The van der Waals surface area contributed by atoms with Crippen molar-refractivity contribution < 1.29 is 4.79 Å². The molecule has 0 spiro atoms. The Kier molecular flexibility index (Phi) is 6.27. The van der Waals surface area contributed by atoms with Crippen molar-refractivity contribution in [3.8, 4) is 0 Å². The Morgan fingerprint density at radius 3 is 2.54 bits per heavy atom. The fraction of sp³-hybridized carbons (Fsp3) is 0.500. The third-order valence-corrected chi connectivity index (χ3v) is 5.43. The quantitative estimate of drug-likeness (QED) is 0.841. The number of pyridine rings is 1. The predicted molar refractivity (Wildman–Crippen MR) is 106 cm³/mol. The van der Waals surface area contributed by atoms with Gasteiger partial charge in [0.1, 0.15) is 5.82 Å². The van der Waals surface area contributed by atoms with Gasteiger partial charge in [0.15, 0.2) is 5.13 Å². The van der Waals surface area contributed by atoms with Crippen molar-refractivity contribution in [1.82, 2.24) is 20.2 Å². The van der Waals surface area contributed by atoms with Gasteiger partial charge in [0.05, 0.1) is 0 Å². The van der Waals surface area contributed by atoms with E-state index in [0.717, 1.165) is 42.7 Å². The molecule has 8 heteroatoms. The van der Waals surface area contributed by atoms with Crippen molar-refractivity contribution in [2.45, 2.75) is 20.4 Å². The highest BCUT2D eigenvalue weighted by atomic mass is 32.1. The second-order valence-electron chi connectivity index (χ2n) is 6.14. The monoisotopic (exact) mass is 374 g/mol. The van der Waals surface area contributed by atoms with Crippen LogP contribution in [0.1, 0.15) is 19.4 Å². The van der Waals surface area contributed by atoms with E-state index >= 15 is 0 Å². The predicted octanol–water partition coefficient (Wildman–Crippen LogP) is 2.42. The lowest BCUT2D eigenvalue weighted by Crippen LogP contribution is -2.51. The largest absolute Gasteiger partial charge is 0.357 e. The van der Waals surface area contributed by atoms with Crippen LogP contribution in [-0.2, 0) is 6.54 Å². The van der Waals surface area contributed by atoms with Crippen LogP contribution in [0.25, 0.3) is 0 Å². The molecule has 1 saturated heterocycles. The minimum absolute atomic E-state index is 0.0170. The highest BCUT2D eigenvalue weighted by Gasteiger charge is 2.22. The van der Waals surface area contributed by atoms with Gasteiger partial charge in [-0.2, -0.15) is 0 Å². The van der Waals surface area contributed by atoms with Gasteiger partial charge in [0.2, 0.25) is 0 Å². The SMILES string of the molecule is CCN(CC)c1ccc(CNC(=O)N2CCN(c3nccs3)CC2)cn1. The molecule has 7 nitrogen and oxygen atoms in total. The molecule has 1 aliphatic rings. The van der Waals surface area contributed by atoms with E-state index in [1.165, 1.54) is 0 Å². The van der Waals surface area contributed by atoms with Crippen LogP contribution < -0.4 is 15.1 Å². The first kappa shape index (κ1) is 18.4. The Morgan fingerprint density at radius 2 is 1.96 bits per heavy atom. The number of urea groups is 1. The zero-order valence-corrected chi connectivity index (χ0v) is 16.2. The summed E-state index contributed by atoms with van der Waals surface area (Å²) in [5.41, 5.74) is 1.01. The first-order chi connectivity index (χ1) is 12.7. The molecule has 26 heavy (non-hydrogen) atoms. The molecule has 0 radical (unpaired) electrons. The van der Waals surface area contributed by atoms with Crippen molar-refractivity contribution in [3.05, 3.63) is 35.5 Å². The normalized spacial score (nSPS) is 14.4. The van der Waals surface area contributed by atoms with Gasteiger partial charge in [0.25, 0.3) is 0 Å². The van der Waals surface area contributed by atoms with E-state index < -0.39 is 0 Å². The van der Waals surface area contributed by atoms with Gasteiger partial charge in [-0.25, -0.2) is 14.8 Å². The van der Waals surface area contributed by atoms with Crippen LogP contribution in [0, 0.1) is 0 Å². The zero-order chi connectivity index (χ0) is 18.4. The van der Waals surface area contributed by atoms with Gasteiger partial charge in [-0.15, -0.1) is 11.3 Å². The third kappa shape index (κ3) is 4.43. The summed E-state index contributed by atoms with van der Waals surface area (Å²) >= 11 is 1.64. The summed E-state index contributed by atoms with van der Waals surface area (Å²) in [5, 5.41) is 6.01. The molecule has 1 fully saturated rings. The zero-order valence-electron chi connectivity index (χ0n) is 15.4. The summed E-state index contributed by atoms with van der Waals surface area (Å²) in [6, 6.07) is 4.03. The van der Waals surface area contributed by atoms with Gasteiger partial charge in [-0.3, -0.25) is 0 Å². The number of anilines is 2. The fourth-order valence-corrected chi connectivity index (χ4v) is 3.72. The summed E-state index contributed by atoms with van der Waals surface area (Å²) in [4.78, 5) is 27.5. The lowest BCUT2D eigenvalue weighted by atomic mass is 10.2. The summed E-state index contributed by atoms with van der Waals surface area (Å²) < 4.78 is 0. The Bertz CT molecular complexity index is 678. The fourth-order valence-electron chi connectivity index (χ4n) is 3.02. The van der Waals surface area contributed by atoms with Crippen molar-refractivity contribution in [2.24, 2.45) is 0 Å². The molecule has 0 bridgehead atoms. The second kappa shape index (κ2) is 8.84. The van der Waals surface area contributed by atoms with Crippen LogP contribution in [-0.4, -0.2) is 60.2 Å². The second-order valence-corrected chi connectivity index (χ2v) is 7.02. The smallest absolute Gasteiger partial charge is 0.317 e. The maximum Gasteiger partial charge on any atom is 0.317 e. The first-order valence-corrected chi connectivity index (χ1v) is 9.96. The molecular formula is C18H26N6OS. The van der Waals surface area contributed by atoms with E-state index in [0.29, 0.717) is 19.6 Å². The van der Waals surface area contributed by atoms with Crippen LogP contribution in [0.2, 0.25) is 0 Å². The number of rotatable bonds is 6. The van der Waals surface area contributed by atoms with Crippen LogP contribution in [0.15, 0.2) is 29.9 Å². The van der Waals surface area contributed by atoms with E-state index in [4.69, 9.17) is 0 Å². The molecule has 0 aromatic carbocycles. The van der Waals surface area contributed by atoms with E-state index in [9.17, 15) is 4.79 Å². The molecular weight excluding hydrogens is 348 g/mol. The number of nitrogens with one attached hydrogen (secondary N) is 1. The van der Waals surface area contributed by atoms with Crippen molar-refractivity contribution in [1.29, 1.82) is 0 Å². The molecule has 1 N–H and O–H groups in total. The Hall–Kier alpha value is -2.35. The molecule has 2 aromatic rings. The van der Waals surface area contributed by atoms with Crippen molar-refractivity contribution in [2.75, 3.05) is 49.1 Å². The average Bonchev–Trinajstić information content (AvgIpc) is 3.23. The molecule has 140 valence electrons. The van der Waals surface area contributed by atoms with Crippen LogP contribution in [0.4, 0.5) is 15.7 Å². The van der Waals surface area contributed by atoms with Gasteiger partial charge >= 0.3 is 6.03 Å². The Morgan fingerprint density at radius 1 is 1.19 bits per heavy atom. The number of piperazine rings is 1. The summed E-state index contributed by atoms with van der Waals surface area (Å²) in [7, 11) is 0. The van der Waals surface area contributed by atoms with E-state index in [1.54, 1.807) is 11.3 Å². The van der Waals surface area contributed by atoms with Crippen LogP contribution in [0.3, 0.4) is 0 Å². The number of amides is 2. The van der Waals surface area contributed by atoms with Crippen molar-refractivity contribution in [3.63, 3.8) is 0 Å². The molecule has 0 saturated carbocycles. The molecule has 2 aromatic heterocycles. The number of carbonyl (C=O) groups is 1. The standard InChI is InChI=1S/C18H26N6OS/c1-3-22(4-2)16-6-5-15(13-20-16)14-21-17(25)23-8-10-24(11-9-23)18-19-7-12-26-18/h5-7,12-13H,3-4,8-11,14H2,1-2H3,(H,21,25). The number of hydrogen-bond acceptors (Lipinski definition) is 6. The summed E-state index contributed by atoms with van der Waals surface area (Å²) in [6.07, 6.45) is 3.66. The van der Waals surface area contributed by atoms with Gasteiger partial charge in [0, 0.05) is 63.6 Å². The Labute approximate surface area is 158 Å². The summed E-state index contributed by atoms with van der Waals surface area (Å²) in [6.45, 7) is 9.68. The van der Waals surface area contributed by atoms with E-state index in [1.807, 2.05) is 34.8 Å². The minimum atomic E-state index is -0.0170.